The van der Waals surface area contributed by atoms with Gasteiger partial charge in [-0.1, -0.05) is 0 Å². The van der Waals surface area contributed by atoms with Crippen LogP contribution in [0.15, 0.2) is 18.2 Å². The normalized spacial score (nSPS) is 20.1. The largest absolute Gasteiger partial charge is 0.465 e. The van der Waals surface area contributed by atoms with Crippen LogP contribution in [0, 0.1) is 0 Å². The number of rotatable bonds is 3. The minimum absolute atomic E-state index is 0.0726. The molecule has 0 aliphatic carbocycles. The zero-order valence-corrected chi connectivity index (χ0v) is 13.6. The van der Waals surface area contributed by atoms with Crippen molar-refractivity contribution in [1.29, 1.82) is 0 Å². The fourth-order valence-corrected chi connectivity index (χ4v) is 4.57. The minimum Gasteiger partial charge on any atom is -0.465 e. The van der Waals surface area contributed by atoms with Gasteiger partial charge in [0.15, 0.2) is 0 Å². The van der Waals surface area contributed by atoms with Gasteiger partial charge in [-0.15, -0.1) is 0 Å². The average Bonchev–Trinajstić information content (AvgIpc) is 3.11. The maximum atomic E-state index is 12.1. The van der Waals surface area contributed by atoms with Gasteiger partial charge in [0.25, 0.3) is 0 Å². The van der Waals surface area contributed by atoms with E-state index in [-0.39, 0.29) is 17.2 Å². The predicted octanol–water partition coefficient (Wildman–Crippen LogP) is 1.14. The molecule has 0 radical (unpaired) electrons. The molecule has 2 aliphatic heterocycles. The summed E-state index contributed by atoms with van der Waals surface area (Å²) in [5.41, 5.74) is 1.16. The molecular weight excluding hydrogens is 320 g/mol. The van der Waals surface area contributed by atoms with Gasteiger partial charge in [0.2, 0.25) is 15.9 Å². The zero-order valence-electron chi connectivity index (χ0n) is 12.8. The van der Waals surface area contributed by atoms with Crippen molar-refractivity contribution in [2.24, 2.45) is 0 Å². The van der Waals surface area contributed by atoms with Gasteiger partial charge in [0, 0.05) is 19.5 Å². The van der Waals surface area contributed by atoms with Crippen molar-refractivity contribution in [3.8, 4) is 0 Å². The monoisotopic (exact) mass is 338 g/mol. The lowest BCUT2D eigenvalue weighted by atomic mass is 10.1. The lowest BCUT2D eigenvalue weighted by molar-refractivity contribution is -0.117. The molecule has 2 aliphatic rings. The molecule has 3 rings (SSSR count). The van der Waals surface area contributed by atoms with E-state index in [1.165, 1.54) is 22.4 Å². The van der Waals surface area contributed by atoms with Crippen molar-refractivity contribution in [2.45, 2.75) is 19.3 Å². The number of benzene rings is 1. The number of sulfonamides is 1. The fourth-order valence-electron chi connectivity index (χ4n) is 3.01. The number of amides is 1. The Morgan fingerprint density at radius 1 is 1.22 bits per heavy atom. The summed E-state index contributed by atoms with van der Waals surface area (Å²) in [6, 6.07) is 4.70. The maximum Gasteiger partial charge on any atom is 0.339 e. The van der Waals surface area contributed by atoms with Gasteiger partial charge in [0.1, 0.15) is 0 Å². The van der Waals surface area contributed by atoms with Crippen molar-refractivity contribution in [3.05, 3.63) is 23.8 Å². The number of nitrogens with zero attached hydrogens (tertiary/aromatic N) is 2. The molecule has 0 N–H and O–H groups in total. The third kappa shape index (κ3) is 2.78. The Bertz CT molecular complexity index is 759. The van der Waals surface area contributed by atoms with Crippen LogP contribution in [-0.2, 0) is 19.6 Å². The first-order valence-electron chi connectivity index (χ1n) is 7.47. The van der Waals surface area contributed by atoms with Crippen LogP contribution >= 0.6 is 0 Å². The molecule has 0 atom stereocenters. The third-order valence-electron chi connectivity index (χ3n) is 4.14. The standard InChI is InChI=1S/C15H18N2O5S/c1-22-15(19)12-6-5-11(17-8-3-9-23(17,20)21)10-13(12)16-7-2-4-14(16)18/h5-6,10H,2-4,7-9H2,1H3. The summed E-state index contributed by atoms with van der Waals surface area (Å²) >= 11 is 0. The number of carbonyl (C=O) groups excluding carboxylic acids is 2. The second-order valence-corrected chi connectivity index (χ2v) is 7.60. The van der Waals surface area contributed by atoms with E-state index in [0.29, 0.717) is 43.7 Å². The summed E-state index contributed by atoms with van der Waals surface area (Å²) in [5, 5.41) is 0. The Balaban J connectivity index is 2.08. The molecule has 1 amide bonds. The van der Waals surface area contributed by atoms with Crippen LogP contribution in [0.1, 0.15) is 29.6 Å². The Morgan fingerprint density at radius 3 is 2.57 bits per heavy atom. The van der Waals surface area contributed by atoms with Crippen LogP contribution in [0.3, 0.4) is 0 Å². The van der Waals surface area contributed by atoms with Gasteiger partial charge in [-0.25, -0.2) is 13.2 Å². The molecule has 2 fully saturated rings. The van der Waals surface area contributed by atoms with Crippen LogP contribution in [-0.4, -0.2) is 46.2 Å². The van der Waals surface area contributed by atoms with E-state index in [9.17, 15) is 18.0 Å². The van der Waals surface area contributed by atoms with E-state index in [4.69, 9.17) is 4.74 Å². The first kappa shape index (κ1) is 15.8. The van der Waals surface area contributed by atoms with Crippen LogP contribution < -0.4 is 9.21 Å². The highest BCUT2D eigenvalue weighted by Gasteiger charge is 2.31. The number of hydrogen-bond donors (Lipinski definition) is 0. The molecular formula is C15H18N2O5S. The first-order valence-corrected chi connectivity index (χ1v) is 9.08. The molecule has 0 unspecified atom stereocenters. The van der Waals surface area contributed by atoms with Crippen LogP contribution in [0.5, 0.6) is 0 Å². The summed E-state index contributed by atoms with van der Waals surface area (Å²) < 4.78 is 30.3. The molecule has 0 spiro atoms. The van der Waals surface area contributed by atoms with Crippen molar-refractivity contribution < 1.29 is 22.7 Å². The van der Waals surface area contributed by atoms with Gasteiger partial charge in [-0.3, -0.25) is 9.10 Å². The number of esters is 1. The third-order valence-corrected chi connectivity index (χ3v) is 6.01. The van der Waals surface area contributed by atoms with E-state index in [0.717, 1.165) is 0 Å². The highest BCUT2D eigenvalue weighted by atomic mass is 32.2. The molecule has 2 heterocycles. The lowest BCUT2D eigenvalue weighted by Gasteiger charge is -2.23. The molecule has 2 saturated heterocycles. The van der Waals surface area contributed by atoms with Crippen molar-refractivity contribution in [2.75, 3.05) is 35.2 Å². The van der Waals surface area contributed by atoms with Crippen LogP contribution in [0.25, 0.3) is 0 Å². The van der Waals surface area contributed by atoms with E-state index in [2.05, 4.69) is 0 Å². The molecule has 0 saturated carbocycles. The summed E-state index contributed by atoms with van der Waals surface area (Å²) in [6.07, 6.45) is 1.71. The highest BCUT2D eigenvalue weighted by molar-refractivity contribution is 7.93. The van der Waals surface area contributed by atoms with Gasteiger partial charge in [-0.2, -0.15) is 0 Å². The number of anilines is 2. The highest BCUT2D eigenvalue weighted by Crippen LogP contribution is 2.33. The quantitative estimate of drug-likeness (QED) is 0.772. The van der Waals surface area contributed by atoms with Gasteiger partial charge in [0.05, 0.1) is 29.8 Å². The number of carbonyl (C=O) groups is 2. The molecule has 124 valence electrons. The zero-order chi connectivity index (χ0) is 16.6. The smallest absolute Gasteiger partial charge is 0.339 e. The van der Waals surface area contributed by atoms with E-state index in [1.54, 1.807) is 12.1 Å². The van der Waals surface area contributed by atoms with Crippen molar-refractivity contribution in [3.63, 3.8) is 0 Å². The van der Waals surface area contributed by atoms with Crippen LogP contribution in [0.2, 0.25) is 0 Å². The Kier molecular flexibility index (Phi) is 4.01. The maximum absolute atomic E-state index is 12.1. The number of hydrogen-bond acceptors (Lipinski definition) is 5. The number of ether oxygens (including phenoxy) is 1. The topological polar surface area (TPSA) is 84.0 Å². The van der Waals surface area contributed by atoms with E-state index in [1.807, 2.05) is 0 Å². The van der Waals surface area contributed by atoms with Crippen LogP contribution in [0.4, 0.5) is 11.4 Å². The van der Waals surface area contributed by atoms with E-state index >= 15 is 0 Å². The summed E-state index contributed by atoms with van der Waals surface area (Å²) in [4.78, 5) is 25.5. The molecule has 23 heavy (non-hydrogen) atoms. The van der Waals surface area contributed by atoms with Gasteiger partial charge >= 0.3 is 5.97 Å². The summed E-state index contributed by atoms with van der Waals surface area (Å²) in [5.74, 6) is -0.504. The fraction of sp³-hybridized carbons (Fsp3) is 0.467. The minimum atomic E-state index is -3.32. The van der Waals surface area contributed by atoms with Crippen molar-refractivity contribution in [1.82, 2.24) is 0 Å². The summed E-state index contributed by atoms with van der Waals surface area (Å²) in [7, 11) is -2.04. The Hall–Kier alpha value is -2.09. The number of methoxy groups -OCH3 is 1. The summed E-state index contributed by atoms with van der Waals surface area (Å²) in [6.45, 7) is 0.923. The lowest BCUT2D eigenvalue weighted by Crippen LogP contribution is -2.28. The average molecular weight is 338 g/mol. The Labute approximate surface area is 134 Å². The molecule has 8 heteroatoms. The Morgan fingerprint density at radius 2 is 2.00 bits per heavy atom. The molecule has 0 bridgehead atoms. The van der Waals surface area contributed by atoms with Gasteiger partial charge in [-0.05, 0) is 31.0 Å². The second kappa shape index (κ2) is 5.84. The predicted molar refractivity (Wildman–Crippen MR) is 85.1 cm³/mol. The van der Waals surface area contributed by atoms with E-state index < -0.39 is 16.0 Å². The molecule has 7 nitrogen and oxygen atoms in total. The first-order chi connectivity index (χ1) is 10.9. The molecule has 1 aromatic rings. The molecule has 0 aromatic heterocycles. The SMILES string of the molecule is COC(=O)c1ccc(N2CCCS2(=O)=O)cc1N1CCCC1=O. The molecule has 1 aromatic carbocycles. The second-order valence-electron chi connectivity index (χ2n) is 5.58. The van der Waals surface area contributed by atoms with Gasteiger partial charge < -0.3 is 9.64 Å². The van der Waals surface area contributed by atoms with Crippen molar-refractivity contribution >= 4 is 33.3 Å².